The number of amides is 1. The van der Waals surface area contributed by atoms with Crippen LogP contribution in [0.5, 0.6) is 0 Å². The Hall–Kier alpha value is -1.57. The number of benzene rings is 1. The van der Waals surface area contributed by atoms with E-state index in [1.54, 1.807) is 0 Å². The standard InChI is InChI=1S/C19H25NO/c21-18(20-15-16-9-3-1-4-10-16)19(13-7-8-14-19)17-11-5-2-6-12-17/h2,5-6,9,11-12H,1,3-4,7-8,10,13-15H2,(H,20,21). The Bertz CT molecular complexity index is 512. The molecule has 1 saturated carbocycles. The number of carbonyl (C=O) groups is 1. The summed E-state index contributed by atoms with van der Waals surface area (Å²) >= 11 is 0. The van der Waals surface area contributed by atoms with Crippen molar-refractivity contribution in [1.82, 2.24) is 5.32 Å². The van der Waals surface area contributed by atoms with Crippen LogP contribution in [0.3, 0.4) is 0 Å². The van der Waals surface area contributed by atoms with E-state index in [1.807, 2.05) is 18.2 Å². The van der Waals surface area contributed by atoms with Gasteiger partial charge in [0.05, 0.1) is 5.41 Å². The van der Waals surface area contributed by atoms with Crippen molar-refractivity contribution in [3.8, 4) is 0 Å². The molecule has 0 saturated heterocycles. The van der Waals surface area contributed by atoms with Crippen molar-refractivity contribution in [2.75, 3.05) is 6.54 Å². The fourth-order valence-electron chi connectivity index (χ4n) is 3.81. The lowest BCUT2D eigenvalue weighted by Crippen LogP contribution is -2.43. The Morgan fingerprint density at radius 2 is 1.81 bits per heavy atom. The first-order valence-corrected chi connectivity index (χ1v) is 8.33. The molecule has 112 valence electrons. The molecule has 21 heavy (non-hydrogen) atoms. The van der Waals surface area contributed by atoms with Crippen LogP contribution in [0.1, 0.15) is 56.9 Å². The molecule has 0 unspecified atom stereocenters. The van der Waals surface area contributed by atoms with Crippen LogP contribution in [-0.2, 0) is 10.2 Å². The predicted octanol–water partition coefficient (Wildman–Crippen LogP) is 4.12. The number of hydrogen-bond donors (Lipinski definition) is 1. The third-order valence-electron chi connectivity index (χ3n) is 5.08. The van der Waals surface area contributed by atoms with Crippen LogP contribution < -0.4 is 5.32 Å². The number of nitrogens with one attached hydrogen (secondary N) is 1. The zero-order chi connectivity index (χ0) is 14.5. The van der Waals surface area contributed by atoms with Gasteiger partial charge in [0, 0.05) is 6.54 Å². The molecule has 0 heterocycles. The van der Waals surface area contributed by atoms with Crippen LogP contribution in [0.4, 0.5) is 0 Å². The van der Waals surface area contributed by atoms with Gasteiger partial charge in [0.15, 0.2) is 0 Å². The van der Waals surface area contributed by atoms with Gasteiger partial charge in [-0.15, -0.1) is 0 Å². The zero-order valence-corrected chi connectivity index (χ0v) is 12.7. The quantitative estimate of drug-likeness (QED) is 0.828. The largest absolute Gasteiger partial charge is 0.352 e. The van der Waals surface area contributed by atoms with Gasteiger partial charge in [-0.05, 0) is 44.1 Å². The lowest BCUT2D eigenvalue weighted by molar-refractivity contribution is -0.126. The maximum absolute atomic E-state index is 12.9. The van der Waals surface area contributed by atoms with Gasteiger partial charge in [0.2, 0.25) is 5.91 Å². The van der Waals surface area contributed by atoms with Crippen molar-refractivity contribution in [3.63, 3.8) is 0 Å². The molecular formula is C19H25NO. The second-order valence-electron chi connectivity index (χ2n) is 6.45. The maximum Gasteiger partial charge on any atom is 0.230 e. The lowest BCUT2D eigenvalue weighted by atomic mass is 9.78. The number of rotatable bonds is 4. The highest BCUT2D eigenvalue weighted by molar-refractivity contribution is 5.88. The summed E-state index contributed by atoms with van der Waals surface area (Å²) in [5, 5.41) is 3.23. The van der Waals surface area contributed by atoms with Crippen LogP contribution in [-0.4, -0.2) is 12.5 Å². The Morgan fingerprint density at radius 3 is 2.48 bits per heavy atom. The topological polar surface area (TPSA) is 29.1 Å². The second kappa shape index (κ2) is 6.46. The average Bonchev–Trinajstić information content (AvgIpc) is 3.05. The normalized spacial score (nSPS) is 20.9. The van der Waals surface area contributed by atoms with Crippen molar-refractivity contribution in [2.45, 2.75) is 56.8 Å². The molecular weight excluding hydrogens is 258 g/mol. The molecule has 1 fully saturated rings. The number of allylic oxidation sites excluding steroid dienone is 1. The molecule has 0 radical (unpaired) electrons. The summed E-state index contributed by atoms with van der Waals surface area (Å²) in [4.78, 5) is 12.9. The number of hydrogen-bond acceptors (Lipinski definition) is 1. The first kappa shape index (κ1) is 14.4. The highest BCUT2D eigenvalue weighted by Crippen LogP contribution is 2.41. The van der Waals surface area contributed by atoms with Crippen molar-refractivity contribution in [3.05, 3.63) is 47.5 Å². The third-order valence-corrected chi connectivity index (χ3v) is 5.08. The SMILES string of the molecule is O=C(NCC1=CCCCC1)C1(c2ccccc2)CCCC1. The minimum atomic E-state index is -0.281. The summed E-state index contributed by atoms with van der Waals surface area (Å²) in [5.74, 6) is 0.234. The Balaban J connectivity index is 1.72. The molecule has 1 aromatic rings. The summed E-state index contributed by atoms with van der Waals surface area (Å²) in [6.07, 6.45) is 11.5. The van der Waals surface area contributed by atoms with E-state index in [4.69, 9.17) is 0 Å². The molecule has 0 aromatic heterocycles. The summed E-state index contributed by atoms with van der Waals surface area (Å²) in [6.45, 7) is 0.743. The van der Waals surface area contributed by atoms with Gasteiger partial charge in [0.1, 0.15) is 0 Å². The van der Waals surface area contributed by atoms with Crippen molar-refractivity contribution in [1.29, 1.82) is 0 Å². The molecule has 2 aliphatic rings. The van der Waals surface area contributed by atoms with E-state index in [1.165, 1.54) is 30.4 Å². The van der Waals surface area contributed by atoms with Gasteiger partial charge < -0.3 is 5.32 Å². The summed E-state index contributed by atoms with van der Waals surface area (Å²) in [5.41, 5.74) is 2.32. The second-order valence-corrected chi connectivity index (χ2v) is 6.45. The van der Waals surface area contributed by atoms with Crippen molar-refractivity contribution < 1.29 is 4.79 Å². The highest BCUT2D eigenvalue weighted by atomic mass is 16.2. The zero-order valence-electron chi connectivity index (χ0n) is 12.7. The molecule has 3 rings (SSSR count). The van der Waals surface area contributed by atoms with E-state index in [0.29, 0.717) is 0 Å². The predicted molar refractivity (Wildman–Crippen MR) is 86.1 cm³/mol. The molecule has 2 nitrogen and oxygen atoms in total. The minimum absolute atomic E-state index is 0.234. The van der Waals surface area contributed by atoms with Gasteiger partial charge in [-0.2, -0.15) is 0 Å². The first-order chi connectivity index (χ1) is 10.3. The summed E-state index contributed by atoms with van der Waals surface area (Å²) in [7, 11) is 0. The molecule has 1 N–H and O–H groups in total. The van der Waals surface area contributed by atoms with Gasteiger partial charge in [-0.3, -0.25) is 4.79 Å². The molecule has 0 atom stereocenters. The summed E-state index contributed by atoms with van der Waals surface area (Å²) in [6, 6.07) is 10.4. The van der Waals surface area contributed by atoms with Gasteiger partial charge in [-0.1, -0.05) is 54.8 Å². The van der Waals surface area contributed by atoms with Crippen molar-refractivity contribution in [2.24, 2.45) is 0 Å². The van der Waals surface area contributed by atoms with Gasteiger partial charge in [-0.25, -0.2) is 0 Å². The molecule has 1 aromatic carbocycles. The summed E-state index contributed by atoms with van der Waals surface area (Å²) < 4.78 is 0. The minimum Gasteiger partial charge on any atom is -0.352 e. The van der Waals surface area contributed by atoms with E-state index in [9.17, 15) is 4.79 Å². The van der Waals surface area contributed by atoms with E-state index in [0.717, 1.165) is 38.6 Å². The van der Waals surface area contributed by atoms with E-state index in [2.05, 4.69) is 23.5 Å². The Morgan fingerprint density at radius 1 is 1.05 bits per heavy atom. The maximum atomic E-state index is 12.9. The molecule has 0 spiro atoms. The molecule has 0 aliphatic heterocycles. The van der Waals surface area contributed by atoms with E-state index in [-0.39, 0.29) is 11.3 Å². The first-order valence-electron chi connectivity index (χ1n) is 8.33. The Labute approximate surface area is 127 Å². The average molecular weight is 283 g/mol. The van der Waals surface area contributed by atoms with Gasteiger partial charge >= 0.3 is 0 Å². The van der Waals surface area contributed by atoms with E-state index < -0.39 is 0 Å². The van der Waals surface area contributed by atoms with Crippen molar-refractivity contribution >= 4 is 5.91 Å². The fraction of sp³-hybridized carbons (Fsp3) is 0.526. The van der Waals surface area contributed by atoms with Crippen LogP contribution in [0, 0.1) is 0 Å². The molecule has 1 amide bonds. The van der Waals surface area contributed by atoms with Gasteiger partial charge in [0.25, 0.3) is 0 Å². The smallest absolute Gasteiger partial charge is 0.230 e. The van der Waals surface area contributed by atoms with Crippen LogP contribution in [0.15, 0.2) is 42.0 Å². The number of carbonyl (C=O) groups excluding carboxylic acids is 1. The van der Waals surface area contributed by atoms with Crippen LogP contribution in [0.25, 0.3) is 0 Å². The molecule has 2 aliphatic carbocycles. The third kappa shape index (κ3) is 3.04. The fourth-order valence-corrected chi connectivity index (χ4v) is 3.81. The van der Waals surface area contributed by atoms with Crippen LogP contribution in [0.2, 0.25) is 0 Å². The van der Waals surface area contributed by atoms with E-state index >= 15 is 0 Å². The molecule has 0 bridgehead atoms. The monoisotopic (exact) mass is 283 g/mol. The van der Waals surface area contributed by atoms with Crippen LogP contribution >= 0.6 is 0 Å². The Kier molecular flexibility index (Phi) is 4.42. The highest BCUT2D eigenvalue weighted by Gasteiger charge is 2.42. The lowest BCUT2D eigenvalue weighted by Gasteiger charge is -2.29. The molecule has 2 heteroatoms.